The summed E-state index contributed by atoms with van der Waals surface area (Å²) in [5, 5.41) is 13.7. The smallest absolute Gasteiger partial charge is 0.230 e. The van der Waals surface area contributed by atoms with Gasteiger partial charge in [0.2, 0.25) is 11.8 Å². The van der Waals surface area contributed by atoms with E-state index in [-0.39, 0.29) is 30.3 Å². The zero-order chi connectivity index (χ0) is 26.5. The number of hydrogen-bond acceptors (Lipinski definition) is 4. The number of rotatable bonds is 9. The maximum Gasteiger partial charge on any atom is 0.230 e. The monoisotopic (exact) mass is 537 g/mol. The van der Waals surface area contributed by atoms with E-state index < -0.39 is 11.5 Å². The number of likely N-dealkylation sites (tertiary alicyclic amines) is 1. The highest BCUT2D eigenvalue weighted by Gasteiger charge is 2.37. The maximum atomic E-state index is 13.7. The fraction of sp³-hybridized carbons (Fsp3) is 0.481. The van der Waals surface area contributed by atoms with Crippen LogP contribution in [-0.4, -0.2) is 66.1 Å². The molecule has 2 amide bonds. The summed E-state index contributed by atoms with van der Waals surface area (Å²) in [4.78, 5) is 29.5. The van der Waals surface area contributed by atoms with E-state index in [1.165, 1.54) is 12.1 Å². The van der Waals surface area contributed by atoms with E-state index in [0.717, 1.165) is 31.5 Å². The molecule has 0 bridgehead atoms. The minimum Gasteiger partial charge on any atom is -0.394 e. The van der Waals surface area contributed by atoms with E-state index in [9.17, 15) is 19.1 Å². The quantitative estimate of drug-likeness (QED) is 0.491. The molecule has 196 valence electrons. The van der Waals surface area contributed by atoms with Crippen molar-refractivity contribution in [2.45, 2.75) is 50.6 Å². The maximum absolute atomic E-state index is 13.7. The molecule has 0 spiro atoms. The fourth-order valence-corrected chi connectivity index (χ4v) is 4.94. The first-order valence-corrected chi connectivity index (χ1v) is 12.9. The van der Waals surface area contributed by atoms with Gasteiger partial charge in [-0.3, -0.25) is 9.59 Å². The molecule has 9 heteroatoms. The van der Waals surface area contributed by atoms with Crippen molar-refractivity contribution in [2.24, 2.45) is 0 Å². The van der Waals surface area contributed by atoms with Crippen LogP contribution in [0, 0.1) is 5.82 Å². The van der Waals surface area contributed by atoms with Gasteiger partial charge in [-0.1, -0.05) is 41.4 Å². The Bertz CT molecular complexity index is 1060. The summed E-state index contributed by atoms with van der Waals surface area (Å²) in [6.07, 6.45) is 2.26. The second kappa shape index (κ2) is 12.4. The Morgan fingerprint density at radius 2 is 1.81 bits per heavy atom. The van der Waals surface area contributed by atoms with Gasteiger partial charge in [0.15, 0.2) is 0 Å². The molecule has 2 aromatic carbocycles. The van der Waals surface area contributed by atoms with Crippen LogP contribution < -0.4 is 5.32 Å². The van der Waals surface area contributed by atoms with E-state index in [4.69, 9.17) is 23.2 Å². The van der Waals surface area contributed by atoms with Gasteiger partial charge in [0.05, 0.1) is 28.1 Å². The van der Waals surface area contributed by atoms with Crippen molar-refractivity contribution in [3.05, 3.63) is 69.5 Å². The molecule has 6 nitrogen and oxygen atoms in total. The number of carbonyl (C=O) groups is 2. The molecule has 2 unspecified atom stereocenters. The van der Waals surface area contributed by atoms with Gasteiger partial charge < -0.3 is 20.2 Å². The van der Waals surface area contributed by atoms with Crippen LogP contribution in [-0.2, 0) is 15.0 Å². The number of halogens is 3. The minimum absolute atomic E-state index is 0.0666. The average molecular weight is 538 g/mol. The molecule has 1 heterocycles. The molecule has 1 fully saturated rings. The van der Waals surface area contributed by atoms with Crippen molar-refractivity contribution >= 4 is 35.0 Å². The van der Waals surface area contributed by atoms with Crippen molar-refractivity contribution < 1.29 is 19.1 Å². The zero-order valence-corrected chi connectivity index (χ0v) is 22.4. The van der Waals surface area contributed by atoms with Gasteiger partial charge in [0.25, 0.3) is 0 Å². The Balaban J connectivity index is 1.77. The molecule has 0 aliphatic carbocycles. The average Bonchev–Trinajstić information content (AvgIpc) is 2.87. The number of hydrogen-bond donors (Lipinski definition) is 2. The number of amides is 2. The highest BCUT2D eigenvalue weighted by molar-refractivity contribution is 6.42. The van der Waals surface area contributed by atoms with E-state index in [1.54, 1.807) is 42.2 Å². The van der Waals surface area contributed by atoms with E-state index >= 15 is 0 Å². The summed E-state index contributed by atoms with van der Waals surface area (Å²) in [7, 11) is 1.84. The van der Waals surface area contributed by atoms with E-state index in [1.807, 2.05) is 14.0 Å². The summed E-state index contributed by atoms with van der Waals surface area (Å²) in [6.45, 7) is 5.44. The molecule has 0 aromatic heterocycles. The molecule has 3 rings (SSSR count). The van der Waals surface area contributed by atoms with Gasteiger partial charge in [0, 0.05) is 33.1 Å². The summed E-state index contributed by atoms with van der Waals surface area (Å²) < 4.78 is 13.4. The summed E-state index contributed by atoms with van der Waals surface area (Å²) in [5.74, 6) is -0.590. The molecule has 2 aromatic rings. The van der Waals surface area contributed by atoms with Crippen LogP contribution in [0.2, 0.25) is 10.0 Å². The summed E-state index contributed by atoms with van der Waals surface area (Å²) in [5.41, 5.74) is 0.367. The van der Waals surface area contributed by atoms with Crippen LogP contribution in [0.15, 0.2) is 42.5 Å². The Kier molecular flexibility index (Phi) is 9.75. The third-order valence-corrected chi connectivity index (χ3v) is 8.09. The Hall–Kier alpha value is -2.19. The van der Waals surface area contributed by atoms with Crippen molar-refractivity contribution in [3.8, 4) is 0 Å². The van der Waals surface area contributed by atoms with Crippen LogP contribution in [0.5, 0.6) is 0 Å². The Morgan fingerprint density at radius 3 is 2.36 bits per heavy atom. The van der Waals surface area contributed by atoms with Crippen molar-refractivity contribution in [1.29, 1.82) is 0 Å². The molecule has 2 N–H and O–H groups in total. The third-order valence-electron chi connectivity index (χ3n) is 7.35. The highest BCUT2D eigenvalue weighted by atomic mass is 35.5. The second-order valence-corrected chi connectivity index (χ2v) is 10.5. The van der Waals surface area contributed by atoms with Gasteiger partial charge in [0.1, 0.15) is 5.82 Å². The molecule has 1 aliphatic heterocycles. The lowest BCUT2D eigenvalue weighted by atomic mass is 9.78. The van der Waals surface area contributed by atoms with Crippen LogP contribution in [0.3, 0.4) is 0 Å². The molecule has 0 saturated carbocycles. The van der Waals surface area contributed by atoms with Crippen LogP contribution in [0.25, 0.3) is 0 Å². The molecule has 1 aliphatic rings. The lowest BCUT2D eigenvalue weighted by Gasteiger charge is -2.38. The molecular formula is C27H34Cl2FN3O3. The summed E-state index contributed by atoms with van der Waals surface area (Å²) in [6, 6.07) is 10.4. The van der Waals surface area contributed by atoms with Crippen LogP contribution in [0.4, 0.5) is 4.39 Å². The first kappa shape index (κ1) is 28.4. The number of piperidine rings is 1. The zero-order valence-electron chi connectivity index (χ0n) is 20.9. The Morgan fingerprint density at radius 1 is 1.17 bits per heavy atom. The van der Waals surface area contributed by atoms with Gasteiger partial charge in [-0.15, -0.1) is 0 Å². The van der Waals surface area contributed by atoms with Crippen molar-refractivity contribution in [2.75, 3.05) is 33.3 Å². The largest absolute Gasteiger partial charge is 0.394 e. The second-order valence-electron chi connectivity index (χ2n) is 9.67. The van der Waals surface area contributed by atoms with E-state index in [0.29, 0.717) is 28.6 Å². The predicted molar refractivity (Wildman–Crippen MR) is 141 cm³/mol. The number of nitrogens with zero attached hydrogens (tertiary/aromatic N) is 2. The number of aliphatic hydroxyl groups excluding tert-OH is 1. The standard InChI is InChI=1S/C27H34Cl2FN3O3/c1-18(35)32(3)22-10-13-33(14-11-22)15-12-27(2,20-6-9-23(28)24(29)16-20)26(36)31-25(17-34)19-4-7-21(30)8-5-19/h4-9,16,22,25,34H,10-15,17H2,1-3H3,(H,31,36). The first-order chi connectivity index (χ1) is 17.0. The first-order valence-electron chi connectivity index (χ1n) is 12.1. The Labute approximate surface area is 222 Å². The van der Waals surface area contributed by atoms with Gasteiger partial charge in [-0.05, 0) is 68.1 Å². The fourth-order valence-electron chi connectivity index (χ4n) is 4.64. The normalized spacial score (nSPS) is 17.3. The van der Waals surface area contributed by atoms with Crippen LogP contribution in [0.1, 0.15) is 50.3 Å². The van der Waals surface area contributed by atoms with Crippen molar-refractivity contribution in [3.63, 3.8) is 0 Å². The summed E-state index contributed by atoms with van der Waals surface area (Å²) >= 11 is 12.4. The molecule has 1 saturated heterocycles. The third kappa shape index (κ3) is 6.76. The molecule has 2 atom stereocenters. The molecule has 0 radical (unpaired) electrons. The van der Waals surface area contributed by atoms with Gasteiger partial charge in [-0.2, -0.15) is 0 Å². The van der Waals surface area contributed by atoms with Crippen LogP contribution >= 0.6 is 23.2 Å². The van der Waals surface area contributed by atoms with Gasteiger partial charge >= 0.3 is 0 Å². The number of carbonyl (C=O) groups excluding carboxylic acids is 2. The number of nitrogens with one attached hydrogen (secondary N) is 1. The van der Waals surface area contributed by atoms with Gasteiger partial charge in [-0.25, -0.2) is 4.39 Å². The van der Waals surface area contributed by atoms with E-state index in [2.05, 4.69) is 10.2 Å². The molecular weight excluding hydrogens is 504 g/mol. The topological polar surface area (TPSA) is 72.9 Å². The number of aliphatic hydroxyl groups is 1. The number of benzene rings is 2. The lowest BCUT2D eigenvalue weighted by molar-refractivity contribution is -0.131. The predicted octanol–water partition coefficient (Wildman–Crippen LogP) is 4.57. The highest BCUT2D eigenvalue weighted by Crippen LogP contribution is 2.34. The minimum atomic E-state index is -0.964. The van der Waals surface area contributed by atoms with Crippen molar-refractivity contribution in [1.82, 2.24) is 15.1 Å². The molecule has 36 heavy (non-hydrogen) atoms. The lowest BCUT2D eigenvalue weighted by Crippen LogP contribution is -2.48. The SMILES string of the molecule is CC(=O)N(C)C1CCN(CCC(C)(C(=O)NC(CO)c2ccc(F)cc2)c2ccc(Cl)c(Cl)c2)CC1.